The van der Waals surface area contributed by atoms with Crippen molar-refractivity contribution in [2.45, 2.75) is 38.0 Å². The highest BCUT2D eigenvalue weighted by Gasteiger charge is 2.33. The molecule has 1 aliphatic heterocycles. The van der Waals surface area contributed by atoms with E-state index in [1.165, 1.54) is 21.1 Å². The van der Waals surface area contributed by atoms with Crippen molar-refractivity contribution in [3.05, 3.63) is 59.3 Å². The van der Waals surface area contributed by atoms with Crippen molar-refractivity contribution in [2.24, 2.45) is 5.92 Å². The maximum atomic E-state index is 13.8. The second-order valence-corrected chi connectivity index (χ2v) is 11.4. The van der Waals surface area contributed by atoms with Crippen molar-refractivity contribution in [1.82, 2.24) is 14.1 Å². The average Bonchev–Trinajstić information content (AvgIpc) is 3.74. The van der Waals surface area contributed by atoms with E-state index in [2.05, 4.69) is 10.4 Å². The lowest BCUT2D eigenvalue weighted by Crippen LogP contribution is -2.40. The van der Waals surface area contributed by atoms with E-state index in [1.54, 1.807) is 25.1 Å². The van der Waals surface area contributed by atoms with Crippen LogP contribution in [-0.2, 0) is 26.0 Å². The van der Waals surface area contributed by atoms with E-state index in [0.29, 0.717) is 17.8 Å². The maximum Gasteiger partial charge on any atom is 0.356 e. The number of nitrogens with zero attached hydrogens (tertiary/aromatic N) is 3. The summed E-state index contributed by atoms with van der Waals surface area (Å²) in [6, 6.07) is 11.8. The van der Waals surface area contributed by atoms with E-state index in [-0.39, 0.29) is 65.9 Å². The zero-order valence-corrected chi connectivity index (χ0v) is 22.5. The van der Waals surface area contributed by atoms with Crippen molar-refractivity contribution in [3.8, 4) is 17.3 Å². The quantitative estimate of drug-likeness (QED) is 0.409. The summed E-state index contributed by atoms with van der Waals surface area (Å²) in [5.41, 5.74) is 1.90. The number of anilines is 1. The van der Waals surface area contributed by atoms with Crippen LogP contribution in [0.2, 0.25) is 0 Å². The first-order valence-corrected chi connectivity index (χ1v) is 14.3. The van der Waals surface area contributed by atoms with Gasteiger partial charge in [0.05, 0.1) is 18.9 Å². The second-order valence-electron chi connectivity index (χ2n) is 9.52. The van der Waals surface area contributed by atoms with E-state index in [1.807, 2.05) is 19.1 Å². The largest absolute Gasteiger partial charge is 0.476 e. The molecule has 1 aromatic heterocycles. The fourth-order valence-corrected chi connectivity index (χ4v) is 6.02. The molecule has 5 rings (SSSR count). The first-order chi connectivity index (χ1) is 18.7. The maximum absolute atomic E-state index is 13.8. The lowest BCUT2D eigenvalue weighted by atomic mass is 10.1. The zero-order valence-electron chi connectivity index (χ0n) is 21.7. The topological polar surface area (TPSA) is 140 Å². The van der Waals surface area contributed by atoms with Crippen LogP contribution in [-0.4, -0.2) is 65.8 Å². The highest BCUT2D eigenvalue weighted by atomic mass is 32.2. The van der Waals surface area contributed by atoms with E-state index in [0.717, 1.165) is 18.4 Å². The number of morpholine rings is 1. The SMILES string of the molecule is CCc1ccccc1-n1nc(C(=O)O)c(C)c1Oc1ccc(NC(=O)C2CC2)cc1S(=O)(=O)N1CCOCC1. The number of hydrogen-bond donors (Lipinski definition) is 2. The standard InChI is InChI=1S/C27H30N4O7S/c1-3-18-6-4-5-7-21(18)31-26(17(2)24(29-31)27(33)34)38-22-11-10-20(28-25(32)19-8-9-19)16-23(22)39(35,36)30-12-14-37-15-13-30/h4-7,10-11,16,19H,3,8-9,12-15H2,1-2H3,(H,28,32)(H,33,34). The van der Waals surface area contributed by atoms with Gasteiger partial charge in [0.1, 0.15) is 10.6 Å². The molecule has 0 spiro atoms. The molecule has 11 nitrogen and oxygen atoms in total. The Hall–Kier alpha value is -3.74. The number of sulfonamides is 1. The fourth-order valence-electron chi connectivity index (χ4n) is 4.47. The summed E-state index contributed by atoms with van der Waals surface area (Å²) in [5, 5.41) is 16.9. The smallest absolute Gasteiger partial charge is 0.356 e. The van der Waals surface area contributed by atoms with Gasteiger partial charge in [0.15, 0.2) is 5.69 Å². The summed E-state index contributed by atoms with van der Waals surface area (Å²) < 4.78 is 41.9. The number of hydrogen-bond acceptors (Lipinski definition) is 7. The summed E-state index contributed by atoms with van der Waals surface area (Å²) in [5.74, 6) is -1.38. The summed E-state index contributed by atoms with van der Waals surface area (Å²) in [7, 11) is -4.06. The fraction of sp³-hybridized carbons (Fsp3) is 0.370. The van der Waals surface area contributed by atoms with Crippen LogP contribution >= 0.6 is 0 Å². The van der Waals surface area contributed by atoms with Gasteiger partial charge in [0, 0.05) is 30.3 Å². The molecule has 2 aromatic carbocycles. The van der Waals surface area contributed by atoms with E-state index >= 15 is 0 Å². The average molecular weight is 555 g/mol. The molecule has 0 atom stereocenters. The zero-order chi connectivity index (χ0) is 27.7. The van der Waals surface area contributed by atoms with Gasteiger partial charge in [-0.1, -0.05) is 25.1 Å². The van der Waals surface area contributed by atoms with Gasteiger partial charge in [-0.2, -0.15) is 14.1 Å². The van der Waals surface area contributed by atoms with E-state index < -0.39 is 16.0 Å². The van der Waals surface area contributed by atoms with Crippen molar-refractivity contribution < 1.29 is 32.6 Å². The van der Waals surface area contributed by atoms with Gasteiger partial charge in [-0.05, 0) is 56.0 Å². The number of carboxylic acid groups (broad SMARTS) is 1. The van der Waals surface area contributed by atoms with Crippen molar-refractivity contribution in [3.63, 3.8) is 0 Å². The third-order valence-electron chi connectivity index (χ3n) is 6.83. The first-order valence-electron chi connectivity index (χ1n) is 12.8. The number of para-hydroxylation sites is 1. The summed E-state index contributed by atoms with van der Waals surface area (Å²) in [4.78, 5) is 24.2. The highest BCUT2D eigenvalue weighted by Crippen LogP contribution is 2.38. The third-order valence-corrected chi connectivity index (χ3v) is 8.75. The van der Waals surface area contributed by atoms with Crippen LogP contribution in [0.3, 0.4) is 0 Å². The van der Waals surface area contributed by atoms with Crippen LogP contribution in [0, 0.1) is 12.8 Å². The number of benzene rings is 2. The number of carbonyl (C=O) groups is 2. The molecule has 0 bridgehead atoms. The van der Waals surface area contributed by atoms with Gasteiger partial charge in [-0.25, -0.2) is 13.2 Å². The van der Waals surface area contributed by atoms with Gasteiger partial charge < -0.3 is 19.9 Å². The predicted octanol–water partition coefficient (Wildman–Crippen LogP) is 3.60. The van der Waals surface area contributed by atoms with Gasteiger partial charge in [0.2, 0.25) is 21.8 Å². The Balaban J connectivity index is 1.62. The molecule has 1 amide bonds. The minimum Gasteiger partial charge on any atom is -0.476 e. The van der Waals surface area contributed by atoms with Crippen molar-refractivity contribution >= 4 is 27.6 Å². The normalized spacial score (nSPS) is 16.2. The molecular formula is C27H30N4O7S. The third kappa shape index (κ3) is 5.40. The van der Waals surface area contributed by atoms with Crippen LogP contribution in [0.5, 0.6) is 11.6 Å². The van der Waals surface area contributed by atoms with Crippen LogP contribution in [0.25, 0.3) is 5.69 Å². The van der Waals surface area contributed by atoms with Gasteiger partial charge in [-0.3, -0.25) is 4.79 Å². The summed E-state index contributed by atoms with van der Waals surface area (Å²) >= 11 is 0. The Labute approximate surface area is 226 Å². The molecule has 206 valence electrons. The van der Waals surface area contributed by atoms with Crippen LogP contribution in [0.15, 0.2) is 47.4 Å². The molecule has 0 radical (unpaired) electrons. The Morgan fingerprint density at radius 3 is 2.54 bits per heavy atom. The van der Waals surface area contributed by atoms with Crippen molar-refractivity contribution in [2.75, 3.05) is 31.6 Å². The Kier molecular flexibility index (Phi) is 7.43. The molecule has 2 fully saturated rings. The molecule has 1 saturated carbocycles. The molecule has 3 aromatic rings. The minimum absolute atomic E-state index is 0.0129. The minimum atomic E-state index is -4.06. The number of carbonyl (C=O) groups excluding carboxylic acids is 1. The van der Waals surface area contributed by atoms with E-state index in [9.17, 15) is 23.1 Å². The summed E-state index contributed by atoms with van der Waals surface area (Å²) in [6.07, 6.45) is 2.27. The van der Waals surface area contributed by atoms with Gasteiger partial charge >= 0.3 is 5.97 Å². The summed E-state index contributed by atoms with van der Waals surface area (Å²) in [6.45, 7) is 4.39. The monoisotopic (exact) mass is 554 g/mol. The molecule has 1 aliphatic carbocycles. The Morgan fingerprint density at radius 2 is 1.87 bits per heavy atom. The number of aryl methyl sites for hydroxylation is 1. The Morgan fingerprint density at radius 1 is 1.15 bits per heavy atom. The second kappa shape index (κ2) is 10.8. The molecule has 2 aliphatic rings. The lowest BCUT2D eigenvalue weighted by Gasteiger charge is -2.27. The van der Waals surface area contributed by atoms with Gasteiger partial charge in [0.25, 0.3) is 0 Å². The van der Waals surface area contributed by atoms with Crippen LogP contribution in [0.4, 0.5) is 5.69 Å². The van der Waals surface area contributed by atoms with Crippen LogP contribution < -0.4 is 10.1 Å². The number of aromatic nitrogens is 2. The number of ether oxygens (including phenoxy) is 2. The predicted molar refractivity (Wildman–Crippen MR) is 142 cm³/mol. The van der Waals surface area contributed by atoms with Crippen LogP contribution in [0.1, 0.15) is 41.4 Å². The molecule has 39 heavy (non-hydrogen) atoms. The number of carboxylic acids is 1. The number of aromatic carboxylic acids is 1. The number of rotatable bonds is 9. The molecule has 2 N–H and O–H groups in total. The molecule has 0 unspecified atom stereocenters. The molecule has 12 heteroatoms. The Bertz CT molecular complexity index is 1520. The molecule has 2 heterocycles. The van der Waals surface area contributed by atoms with Crippen molar-refractivity contribution in [1.29, 1.82) is 0 Å². The number of amides is 1. The van der Waals surface area contributed by atoms with Gasteiger partial charge in [-0.15, -0.1) is 0 Å². The first kappa shape index (κ1) is 26.9. The lowest BCUT2D eigenvalue weighted by molar-refractivity contribution is -0.117. The highest BCUT2D eigenvalue weighted by molar-refractivity contribution is 7.89. The number of nitrogens with one attached hydrogen (secondary N) is 1. The van der Waals surface area contributed by atoms with E-state index in [4.69, 9.17) is 9.47 Å². The molecule has 1 saturated heterocycles. The molecular weight excluding hydrogens is 524 g/mol.